The number of fused-ring (bicyclic) bond motifs is 3. The Bertz CT molecular complexity index is 1740. The first kappa shape index (κ1) is 29.0. The summed E-state index contributed by atoms with van der Waals surface area (Å²) in [6.45, 7) is 4.42. The lowest BCUT2D eigenvalue weighted by atomic mass is 9.94. The summed E-state index contributed by atoms with van der Waals surface area (Å²) in [6, 6.07) is 5.81. The van der Waals surface area contributed by atoms with Crippen molar-refractivity contribution in [3.05, 3.63) is 47.7 Å². The van der Waals surface area contributed by atoms with E-state index in [1.54, 1.807) is 6.07 Å². The molecule has 2 aromatic heterocycles. The van der Waals surface area contributed by atoms with Crippen LogP contribution in [0.4, 0.5) is 19.0 Å². The molecule has 44 heavy (non-hydrogen) atoms. The highest BCUT2D eigenvalue weighted by atomic mass is 19.1. The maximum atomic E-state index is 16.7. The van der Waals surface area contributed by atoms with Gasteiger partial charge in [0.15, 0.2) is 5.82 Å². The van der Waals surface area contributed by atoms with E-state index in [-0.39, 0.29) is 47.7 Å². The predicted octanol–water partition coefficient (Wildman–Crippen LogP) is 5.56. The Morgan fingerprint density at radius 1 is 1.11 bits per heavy atom. The van der Waals surface area contributed by atoms with Crippen LogP contribution in [0.1, 0.15) is 44.6 Å². The zero-order valence-electron chi connectivity index (χ0n) is 24.7. The lowest BCUT2D eigenvalue weighted by Crippen LogP contribution is -2.43. The van der Waals surface area contributed by atoms with E-state index in [0.717, 1.165) is 32.2 Å². The van der Waals surface area contributed by atoms with Crippen LogP contribution in [-0.4, -0.2) is 81.2 Å². The van der Waals surface area contributed by atoms with Crippen LogP contribution in [0.15, 0.2) is 30.5 Å². The number of anilines is 1. The van der Waals surface area contributed by atoms with Gasteiger partial charge in [-0.1, -0.05) is 13.0 Å². The number of piperidine rings is 1. The molecule has 0 saturated carbocycles. The molecular weight excluding hydrogens is 571 g/mol. The van der Waals surface area contributed by atoms with Crippen molar-refractivity contribution in [3.8, 4) is 23.0 Å². The molecule has 11 heteroatoms. The Morgan fingerprint density at radius 2 is 1.98 bits per heavy atom. The van der Waals surface area contributed by atoms with Crippen molar-refractivity contribution in [1.82, 2.24) is 19.9 Å². The number of phenols is 1. The van der Waals surface area contributed by atoms with Crippen molar-refractivity contribution in [3.63, 3.8) is 0 Å². The Labute approximate surface area is 253 Å². The normalized spacial score (nSPS) is 24.0. The number of ether oxygens (including phenoxy) is 1. The van der Waals surface area contributed by atoms with Crippen molar-refractivity contribution in [2.24, 2.45) is 5.92 Å². The number of alkyl halides is 1. The van der Waals surface area contributed by atoms with E-state index in [9.17, 15) is 19.0 Å². The molecular formula is C33H36F3N5O3. The first-order valence-corrected chi connectivity index (χ1v) is 15.5. The van der Waals surface area contributed by atoms with Crippen LogP contribution < -0.4 is 9.64 Å². The molecule has 0 unspecified atom stereocenters. The van der Waals surface area contributed by atoms with Crippen LogP contribution in [0.5, 0.6) is 11.8 Å². The minimum Gasteiger partial charge on any atom is -0.508 e. The second-order valence-corrected chi connectivity index (χ2v) is 12.5. The lowest BCUT2D eigenvalue weighted by Gasteiger charge is -2.34. The predicted molar refractivity (Wildman–Crippen MR) is 162 cm³/mol. The number of hydrogen-bond acceptors (Lipinski definition) is 8. The zero-order chi connectivity index (χ0) is 30.6. The van der Waals surface area contributed by atoms with Crippen molar-refractivity contribution in [2.75, 3.05) is 44.3 Å². The number of halogens is 3. The highest BCUT2D eigenvalue weighted by Gasteiger charge is 2.49. The Hall–Kier alpha value is -3.70. The molecule has 232 valence electrons. The number of aryl methyl sites for hydroxylation is 1. The number of nitrogens with zero attached hydrogens (tertiary/aromatic N) is 5. The minimum atomic E-state index is -0.920. The molecule has 0 aliphatic carbocycles. The van der Waals surface area contributed by atoms with Gasteiger partial charge in [0, 0.05) is 44.4 Å². The van der Waals surface area contributed by atoms with Crippen molar-refractivity contribution >= 4 is 27.5 Å². The van der Waals surface area contributed by atoms with Crippen molar-refractivity contribution < 1.29 is 28.1 Å². The lowest BCUT2D eigenvalue weighted by molar-refractivity contribution is 0.107. The van der Waals surface area contributed by atoms with Gasteiger partial charge in [0.05, 0.1) is 10.9 Å². The second kappa shape index (κ2) is 11.3. The molecule has 3 fully saturated rings. The van der Waals surface area contributed by atoms with Crippen LogP contribution in [0.3, 0.4) is 0 Å². The van der Waals surface area contributed by atoms with E-state index in [2.05, 4.69) is 14.9 Å². The molecule has 0 amide bonds. The van der Waals surface area contributed by atoms with E-state index >= 15 is 4.39 Å². The third kappa shape index (κ3) is 4.90. The summed E-state index contributed by atoms with van der Waals surface area (Å²) < 4.78 is 52.3. The fourth-order valence-electron chi connectivity index (χ4n) is 7.60. The van der Waals surface area contributed by atoms with Gasteiger partial charge in [-0.05, 0) is 79.1 Å². The van der Waals surface area contributed by atoms with Gasteiger partial charge in [0.2, 0.25) is 0 Å². The molecule has 3 aliphatic rings. The van der Waals surface area contributed by atoms with Gasteiger partial charge in [-0.3, -0.25) is 9.88 Å². The number of benzene rings is 2. The summed E-state index contributed by atoms with van der Waals surface area (Å²) in [5, 5.41) is 21.8. The van der Waals surface area contributed by atoms with Crippen LogP contribution in [0, 0.1) is 17.6 Å². The van der Waals surface area contributed by atoms with Gasteiger partial charge in [0.25, 0.3) is 0 Å². The summed E-state index contributed by atoms with van der Waals surface area (Å²) in [4.78, 5) is 17.9. The topological polar surface area (TPSA) is 94.8 Å². The average Bonchev–Trinajstić information content (AvgIpc) is 3.55. The summed E-state index contributed by atoms with van der Waals surface area (Å²) in [6.07, 6.45) is 4.80. The quantitative estimate of drug-likeness (QED) is 0.282. The standard InChI is InChI=1S/C33H36F3N5O3/c1-2-23-26(35)7-6-20-11-22(43)12-24(27(20)23)29-28(36)30-25(14-37-29)31(40-9-3-5-19(15-40)17-42)39-32(38-30)44-18-33-8-4-10-41(33)16-21(34)13-33/h6-7,11-12,14,19,21,42-43H,2-5,8-10,13,15-18H2,1H3/t19-,21+,33-/m0/s1. The van der Waals surface area contributed by atoms with Crippen molar-refractivity contribution in [1.29, 1.82) is 0 Å². The number of aliphatic hydroxyl groups excluding tert-OH is 1. The number of aromatic hydroxyl groups is 1. The molecule has 8 nitrogen and oxygen atoms in total. The molecule has 0 radical (unpaired) electrons. The van der Waals surface area contributed by atoms with Gasteiger partial charge in [-0.15, -0.1) is 0 Å². The highest BCUT2D eigenvalue weighted by molar-refractivity contribution is 6.01. The van der Waals surface area contributed by atoms with Crippen LogP contribution in [-0.2, 0) is 6.42 Å². The number of phenolic OH excluding ortho intramolecular Hbond substituents is 1. The first-order chi connectivity index (χ1) is 21.3. The summed E-state index contributed by atoms with van der Waals surface area (Å²) in [5.41, 5.74) is 0.142. The molecule has 3 atom stereocenters. The molecule has 5 heterocycles. The molecule has 0 spiro atoms. The number of aliphatic hydroxyl groups is 1. The van der Waals surface area contributed by atoms with Crippen LogP contribution in [0.2, 0.25) is 0 Å². The van der Waals surface area contributed by atoms with Crippen molar-refractivity contribution in [2.45, 2.75) is 57.2 Å². The van der Waals surface area contributed by atoms with Crippen LogP contribution >= 0.6 is 0 Å². The monoisotopic (exact) mass is 607 g/mol. The molecule has 0 bridgehead atoms. The van der Waals surface area contributed by atoms with Gasteiger partial charge < -0.3 is 19.8 Å². The first-order valence-electron chi connectivity index (χ1n) is 15.5. The van der Waals surface area contributed by atoms with Crippen LogP contribution in [0.25, 0.3) is 32.9 Å². The minimum absolute atomic E-state index is 0.0114. The van der Waals surface area contributed by atoms with E-state index in [1.165, 1.54) is 24.4 Å². The third-order valence-electron chi connectivity index (χ3n) is 9.71. The van der Waals surface area contributed by atoms with Gasteiger partial charge in [-0.25, -0.2) is 13.2 Å². The fourth-order valence-corrected chi connectivity index (χ4v) is 7.60. The Kier molecular flexibility index (Phi) is 7.48. The molecule has 3 saturated heterocycles. The highest BCUT2D eigenvalue weighted by Crippen LogP contribution is 2.42. The molecule has 4 aromatic rings. The summed E-state index contributed by atoms with van der Waals surface area (Å²) in [7, 11) is 0. The summed E-state index contributed by atoms with van der Waals surface area (Å²) in [5.74, 6) is -0.754. The number of hydrogen-bond donors (Lipinski definition) is 2. The molecule has 3 aliphatic heterocycles. The second-order valence-electron chi connectivity index (χ2n) is 12.5. The molecule has 7 rings (SSSR count). The Balaban J connectivity index is 1.37. The zero-order valence-corrected chi connectivity index (χ0v) is 24.7. The Morgan fingerprint density at radius 3 is 2.80 bits per heavy atom. The largest absolute Gasteiger partial charge is 0.508 e. The third-order valence-corrected chi connectivity index (χ3v) is 9.71. The van der Waals surface area contributed by atoms with E-state index in [0.29, 0.717) is 60.0 Å². The number of rotatable bonds is 7. The number of pyridine rings is 1. The summed E-state index contributed by atoms with van der Waals surface area (Å²) >= 11 is 0. The maximum Gasteiger partial charge on any atom is 0.319 e. The SMILES string of the molecule is CCc1c(F)ccc2cc(O)cc(-c3ncc4c(N5CCC[C@H](CO)C5)nc(OC[C@@]56CCCN5C[C@H](F)C6)nc4c3F)c12. The fraction of sp³-hybridized carbons (Fsp3) is 0.485. The number of aromatic nitrogens is 3. The smallest absolute Gasteiger partial charge is 0.319 e. The molecule has 2 N–H and O–H groups in total. The van der Waals surface area contributed by atoms with Gasteiger partial charge in [0.1, 0.15) is 41.4 Å². The average molecular weight is 608 g/mol. The van der Waals surface area contributed by atoms with E-state index in [1.807, 2.05) is 11.8 Å². The maximum absolute atomic E-state index is 16.7. The van der Waals surface area contributed by atoms with E-state index in [4.69, 9.17) is 9.72 Å². The van der Waals surface area contributed by atoms with E-state index < -0.39 is 23.3 Å². The van der Waals surface area contributed by atoms with Gasteiger partial charge in [-0.2, -0.15) is 9.97 Å². The van der Waals surface area contributed by atoms with Gasteiger partial charge >= 0.3 is 6.01 Å². The molecule has 2 aromatic carbocycles.